The van der Waals surface area contributed by atoms with Gasteiger partial charge in [-0.2, -0.15) is 0 Å². The summed E-state index contributed by atoms with van der Waals surface area (Å²) in [5, 5.41) is 3.05. The van der Waals surface area contributed by atoms with Gasteiger partial charge in [0, 0.05) is 6.07 Å². The number of para-hydroxylation sites is 2. The highest BCUT2D eigenvalue weighted by molar-refractivity contribution is 5.93. The van der Waals surface area contributed by atoms with E-state index in [4.69, 9.17) is 9.15 Å². The lowest BCUT2D eigenvalue weighted by molar-refractivity contribution is 0.0931. The van der Waals surface area contributed by atoms with E-state index >= 15 is 0 Å². The van der Waals surface area contributed by atoms with Crippen molar-refractivity contribution < 1.29 is 13.9 Å². The first kappa shape index (κ1) is 16.3. The number of ether oxygens (including phenoxy) is 1. The molecule has 0 aliphatic carbocycles. The first-order chi connectivity index (χ1) is 12.2. The fourth-order valence-electron chi connectivity index (χ4n) is 2.31. The predicted octanol–water partition coefficient (Wildman–Crippen LogP) is 2.58. The molecule has 0 unspecified atom stereocenters. The number of benzene rings is 2. The number of amides is 1. The summed E-state index contributed by atoms with van der Waals surface area (Å²) in [6.45, 7) is 0.118. The van der Waals surface area contributed by atoms with Gasteiger partial charge in [-0.15, -0.1) is 0 Å². The van der Waals surface area contributed by atoms with E-state index in [2.05, 4.69) is 17.2 Å². The molecule has 3 rings (SSSR count). The van der Waals surface area contributed by atoms with Gasteiger partial charge in [-0.05, 0) is 24.3 Å². The molecule has 0 aliphatic rings. The second-order valence-corrected chi connectivity index (χ2v) is 5.16. The van der Waals surface area contributed by atoms with Crippen LogP contribution < -0.4 is 15.5 Å². The maximum atomic E-state index is 12.1. The highest BCUT2D eigenvalue weighted by Gasteiger charge is 2.11. The number of nitrogens with one attached hydrogen (secondary N) is 1. The first-order valence-electron chi connectivity index (χ1n) is 7.62. The van der Waals surface area contributed by atoms with Crippen LogP contribution >= 0.6 is 0 Å². The molecule has 5 heteroatoms. The fourth-order valence-corrected chi connectivity index (χ4v) is 2.31. The van der Waals surface area contributed by atoms with Crippen molar-refractivity contribution in [2.75, 3.05) is 13.7 Å². The van der Waals surface area contributed by atoms with Gasteiger partial charge in [-0.1, -0.05) is 36.1 Å². The van der Waals surface area contributed by atoms with Crippen LogP contribution in [0.4, 0.5) is 0 Å². The van der Waals surface area contributed by atoms with Crippen molar-refractivity contribution in [2.45, 2.75) is 0 Å². The van der Waals surface area contributed by atoms with Gasteiger partial charge in [-0.25, -0.2) is 0 Å². The topological polar surface area (TPSA) is 68.5 Å². The van der Waals surface area contributed by atoms with Crippen molar-refractivity contribution in [2.24, 2.45) is 0 Å². The Hall–Kier alpha value is -3.52. The lowest BCUT2D eigenvalue weighted by Gasteiger charge is -2.03. The molecule has 0 saturated carbocycles. The van der Waals surface area contributed by atoms with Crippen LogP contribution in [0.5, 0.6) is 5.75 Å². The molecule has 25 heavy (non-hydrogen) atoms. The number of hydrogen-bond acceptors (Lipinski definition) is 4. The zero-order chi connectivity index (χ0) is 17.6. The molecule has 0 fully saturated rings. The molecule has 0 atom stereocenters. The zero-order valence-electron chi connectivity index (χ0n) is 13.5. The Morgan fingerprint density at radius 1 is 1.16 bits per heavy atom. The number of hydrogen-bond donors (Lipinski definition) is 1. The second-order valence-electron chi connectivity index (χ2n) is 5.16. The van der Waals surface area contributed by atoms with E-state index in [-0.39, 0.29) is 17.7 Å². The van der Waals surface area contributed by atoms with Gasteiger partial charge >= 0.3 is 0 Å². The van der Waals surface area contributed by atoms with Crippen molar-refractivity contribution >= 4 is 16.9 Å². The molecule has 0 bridgehead atoms. The van der Waals surface area contributed by atoms with Gasteiger partial charge in [0.1, 0.15) is 11.3 Å². The van der Waals surface area contributed by atoms with Gasteiger partial charge in [0.05, 0.1) is 24.6 Å². The summed E-state index contributed by atoms with van der Waals surface area (Å²) in [6, 6.07) is 15.3. The van der Waals surface area contributed by atoms with Crippen LogP contribution in [0, 0.1) is 11.8 Å². The summed E-state index contributed by atoms with van der Waals surface area (Å²) in [5.41, 5.74) is 0.851. The molecule has 1 aromatic heterocycles. The molecule has 0 radical (unpaired) electrons. The van der Waals surface area contributed by atoms with E-state index in [9.17, 15) is 9.59 Å². The van der Waals surface area contributed by atoms with Crippen LogP contribution in [0.2, 0.25) is 0 Å². The van der Waals surface area contributed by atoms with Crippen LogP contribution in [0.15, 0.2) is 63.8 Å². The van der Waals surface area contributed by atoms with Crippen LogP contribution in [0.3, 0.4) is 0 Å². The average Bonchev–Trinajstić information content (AvgIpc) is 2.65. The molecule has 2 aromatic carbocycles. The highest BCUT2D eigenvalue weighted by Crippen LogP contribution is 2.15. The third-order valence-electron chi connectivity index (χ3n) is 3.53. The minimum atomic E-state index is -0.489. The van der Waals surface area contributed by atoms with Crippen molar-refractivity contribution in [3.05, 3.63) is 76.1 Å². The summed E-state index contributed by atoms with van der Waals surface area (Å²) in [4.78, 5) is 24.1. The summed E-state index contributed by atoms with van der Waals surface area (Å²) < 4.78 is 10.7. The van der Waals surface area contributed by atoms with E-state index in [1.165, 1.54) is 6.07 Å². The van der Waals surface area contributed by atoms with Crippen LogP contribution in [0.1, 0.15) is 16.1 Å². The maximum Gasteiger partial charge on any atom is 0.287 e. The molecule has 5 nitrogen and oxygen atoms in total. The first-order valence-corrected chi connectivity index (χ1v) is 7.62. The summed E-state index contributed by atoms with van der Waals surface area (Å²) in [5.74, 6) is 5.92. The smallest absolute Gasteiger partial charge is 0.287 e. The third kappa shape index (κ3) is 3.70. The summed E-state index contributed by atoms with van der Waals surface area (Å²) >= 11 is 0. The molecule has 3 aromatic rings. The Kier molecular flexibility index (Phi) is 4.82. The molecule has 1 amide bonds. The SMILES string of the molecule is COc1ccccc1C#CCNC(=O)c1cc(=O)c2ccccc2o1. The van der Waals surface area contributed by atoms with E-state index < -0.39 is 5.91 Å². The standard InChI is InChI=1S/C20H15NO4/c1-24-17-10-4-2-7-14(17)8-6-12-21-20(23)19-13-16(22)15-9-3-5-11-18(15)25-19/h2-5,7,9-11,13H,12H2,1H3,(H,21,23). The highest BCUT2D eigenvalue weighted by atomic mass is 16.5. The quantitative estimate of drug-likeness (QED) is 0.748. The Balaban J connectivity index is 1.72. The molecular weight excluding hydrogens is 318 g/mol. The van der Waals surface area contributed by atoms with Crippen molar-refractivity contribution in [1.82, 2.24) is 5.32 Å². The number of fused-ring (bicyclic) bond motifs is 1. The fraction of sp³-hybridized carbons (Fsp3) is 0.100. The normalized spacial score (nSPS) is 9.96. The molecule has 124 valence electrons. The minimum absolute atomic E-state index is 0.0391. The lowest BCUT2D eigenvalue weighted by Crippen LogP contribution is -2.24. The molecule has 1 N–H and O–H groups in total. The van der Waals surface area contributed by atoms with E-state index in [1.807, 2.05) is 24.3 Å². The van der Waals surface area contributed by atoms with Crippen molar-refractivity contribution in [3.8, 4) is 17.6 Å². The molecular formula is C20H15NO4. The Morgan fingerprint density at radius 2 is 1.92 bits per heavy atom. The van der Waals surface area contributed by atoms with Gasteiger partial charge in [0.25, 0.3) is 5.91 Å². The average molecular weight is 333 g/mol. The largest absolute Gasteiger partial charge is 0.495 e. The third-order valence-corrected chi connectivity index (χ3v) is 3.53. The van der Waals surface area contributed by atoms with Gasteiger partial charge in [0.15, 0.2) is 11.2 Å². The van der Waals surface area contributed by atoms with Crippen molar-refractivity contribution in [3.63, 3.8) is 0 Å². The Morgan fingerprint density at radius 3 is 2.76 bits per heavy atom. The number of carbonyl (C=O) groups excluding carboxylic acids is 1. The van der Waals surface area contributed by atoms with Crippen LogP contribution in [0.25, 0.3) is 11.0 Å². The molecule has 0 saturated heterocycles. The summed E-state index contributed by atoms with van der Waals surface area (Å²) in [7, 11) is 1.57. The Bertz CT molecular complexity index is 1040. The molecule has 0 spiro atoms. The monoisotopic (exact) mass is 333 g/mol. The molecule has 0 aliphatic heterocycles. The van der Waals surface area contributed by atoms with Gasteiger partial charge in [-0.3, -0.25) is 9.59 Å². The summed E-state index contributed by atoms with van der Waals surface area (Å²) in [6.07, 6.45) is 0. The maximum absolute atomic E-state index is 12.1. The van der Waals surface area contributed by atoms with E-state index in [0.717, 1.165) is 5.56 Å². The zero-order valence-corrected chi connectivity index (χ0v) is 13.5. The number of methoxy groups -OCH3 is 1. The van der Waals surface area contributed by atoms with Gasteiger partial charge in [0.2, 0.25) is 0 Å². The second kappa shape index (κ2) is 7.37. The van der Waals surface area contributed by atoms with E-state index in [0.29, 0.717) is 16.7 Å². The van der Waals surface area contributed by atoms with Crippen LogP contribution in [-0.4, -0.2) is 19.6 Å². The predicted molar refractivity (Wildman–Crippen MR) is 94.7 cm³/mol. The van der Waals surface area contributed by atoms with Gasteiger partial charge < -0.3 is 14.5 Å². The minimum Gasteiger partial charge on any atom is -0.495 e. The lowest BCUT2D eigenvalue weighted by atomic mass is 10.2. The number of carbonyl (C=O) groups is 1. The van der Waals surface area contributed by atoms with Crippen molar-refractivity contribution in [1.29, 1.82) is 0 Å². The number of rotatable bonds is 3. The Labute approximate surface area is 144 Å². The van der Waals surface area contributed by atoms with Crippen LogP contribution in [-0.2, 0) is 0 Å². The molecule has 1 heterocycles. The van der Waals surface area contributed by atoms with E-state index in [1.54, 1.807) is 31.4 Å².